The molecule has 2 aromatic carbocycles. The number of ketones is 1. The van der Waals surface area contributed by atoms with Crippen LogP contribution in [-0.4, -0.2) is 5.78 Å². The molecule has 0 amide bonds. The van der Waals surface area contributed by atoms with Crippen LogP contribution in [0.25, 0.3) is 0 Å². The normalized spacial score (nSPS) is 17.6. The Hall–Kier alpha value is -1.51. The number of aryl methyl sites for hydroxylation is 1. The zero-order chi connectivity index (χ0) is 14.3. The molecule has 0 spiro atoms. The number of ether oxygens (including phenoxy) is 1. The highest BCUT2D eigenvalue weighted by molar-refractivity contribution is 6.31. The van der Waals surface area contributed by atoms with E-state index in [1.165, 1.54) is 0 Å². The highest BCUT2D eigenvalue weighted by Crippen LogP contribution is 2.37. The standard InChI is InChI=1S/C16H12Cl2O2/c1-9-6-10(17)2-4-12(9)16-8-14(19)13-7-11(18)3-5-15(13)20-16/h2-7,16H,8H2,1H3. The molecule has 0 bridgehead atoms. The number of hydrogen-bond donors (Lipinski definition) is 0. The maximum atomic E-state index is 12.2. The molecule has 2 aromatic rings. The number of benzene rings is 2. The Balaban J connectivity index is 1.99. The van der Waals surface area contributed by atoms with Crippen molar-refractivity contribution in [3.8, 4) is 5.75 Å². The first-order valence-electron chi connectivity index (χ1n) is 6.30. The van der Waals surface area contributed by atoms with E-state index in [1.807, 2.05) is 25.1 Å². The van der Waals surface area contributed by atoms with Crippen molar-refractivity contribution >= 4 is 29.0 Å². The molecule has 3 rings (SSSR count). The summed E-state index contributed by atoms with van der Waals surface area (Å²) in [6.07, 6.45) is 0.0453. The third-order valence-electron chi connectivity index (χ3n) is 3.46. The first-order valence-corrected chi connectivity index (χ1v) is 7.05. The number of Topliss-reactive ketones (excluding diaryl/α,β-unsaturated/α-hetero) is 1. The summed E-state index contributed by atoms with van der Waals surface area (Å²) in [6, 6.07) is 10.7. The summed E-state index contributed by atoms with van der Waals surface area (Å²) in [5.74, 6) is 0.637. The topological polar surface area (TPSA) is 26.3 Å². The lowest BCUT2D eigenvalue weighted by molar-refractivity contribution is 0.0849. The predicted octanol–water partition coefficient (Wildman–Crippen LogP) is 5.01. The van der Waals surface area contributed by atoms with Crippen LogP contribution in [0.3, 0.4) is 0 Å². The third kappa shape index (κ3) is 2.41. The van der Waals surface area contributed by atoms with Gasteiger partial charge in [-0.3, -0.25) is 4.79 Å². The van der Waals surface area contributed by atoms with Crippen molar-refractivity contribution in [2.75, 3.05) is 0 Å². The number of halogens is 2. The summed E-state index contributed by atoms with van der Waals surface area (Å²) in [5, 5.41) is 1.22. The summed E-state index contributed by atoms with van der Waals surface area (Å²) in [5.41, 5.74) is 2.57. The molecule has 1 aliphatic heterocycles. The van der Waals surface area contributed by atoms with E-state index in [0.717, 1.165) is 11.1 Å². The van der Waals surface area contributed by atoms with Gasteiger partial charge in [0.05, 0.1) is 12.0 Å². The lowest BCUT2D eigenvalue weighted by Gasteiger charge is -2.26. The van der Waals surface area contributed by atoms with Crippen molar-refractivity contribution in [1.29, 1.82) is 0 Å². The quantitative estimate of drug-likeness (QED) is 0.740. The van der Waals surface area contributed by atoms with E-state index in [0.29, 0.717) is 27.8 Å². The molecule has 0 radical (unpaired) electrons. The minimum atomic E-state index is -0.270. The van der Waals surface area contributed by atoms with Gasteiger partial charge in [0.15, 0.2) is 5.78 Å². The fraction of sp³-hybridized carbons (Fsp3) is 0.188. The molecule has 1 unspecified atom stereocenters. The fourth-order valence-corrected chi connectivity index (χ4v) is 2.87. The molecule has 0 fully saturated rings. The minimum Gasteiger partial charge on any atom is -0.484 e. The Morgan fingerprint density at radius 1 is 1.10 bits per heavy atom. The summed E-state index contributed by atoms with van der Waals surface area (Å²) in [6.45, 7) is 1.96. The maximum absolute atomic E-state index is 12.2. The molecule has 1 aliphatic rings. The van der Waals surface area contributed by atoms with Gasteiger partial charge in [-0.05, 0) is 48.4 Å². The third-order valence-corrected chi connectivity index (χ3v) is 3.93. The molecule has 1 heterocycles. The van der Waals surface area contributed by atoms with Gasteiger partial charge in [0.1, 0.15) is 11.9 Å². The molecular weight excluding hydrogens is 295 g/mol. The molecule has 1 atom stereocenters. The zero-order valence-corrected chi connectivity index (χ0v) is 12.3. The lowest BCUT2D eigenvalue weighted by atomic mass is 9.94. The van der Waals surface area contributed by atoms with Crippen molar-refractivity contribution in [1.82, 2.24) is 0 Å². The van der Waals surface area contributed by atoms with Gasteiger partial charge in [0.2, 0.25) is 0 Å². The van der Waals surface area contributed by atoms with Crippen molar-refractivity contribution in [3.63, 3.8) is 0 Å². The first-order chi connectivity index (χ1) is 9.54. The molecule has 20 heavy (non-hydrogen) atoms. The van der Waals surface area contributed by atoms with Crippen molar-refractivity contribution in [2.45, 2.75) is 19.4 Å². The number of hydrogen-bond acceptors (Lipinski definition) is 2. The van der Waals surface area contributed by atoms with Crippen LogP contribution in [0.15, 0.2) is 36.4 Å². The summed E-state index contributed by atoms with van der Waals surface area (Å²) in [7, 11) is 0. The van der Waals surface area contributed by atoms with Crippen LogP contribution in [-0.2, 0) is 0 Å². The van der Waals surface area contributed by atoms with E-state index in [1.54, 1.807) is 18.2 Å². The average molecular weight is 307 g/mol. The summed E-state index contributed by atoms with van der Waals surface area (Å²) >= 11 is 11.9. The molecule has 102 valence electrons. The van der Waals surface area contributed by atoms with E-state index in [2.05, 4.69) is 0 Å². The second-order valence-corrected chi connectivity index (χ2v) is 5.75. The minimum absolute atomic E-state index is 0.0492. The average Bonchev–Trinajstić information content (AvgIpc) is 2.39. The molecule has 0 N–H and O–H groups in total. The van der Waals surface area contributed by atoms with Gasteiger partial charge in [-0.2, -0.15) is 0 Å². The van der Waals surface area contributed by atoms with Gasteiger partial charge in [0, 0.05) is 10.0 Å². The van der Waals surface area contributed by atoms with Crippen LogP contribution in [0.1, 0.15) is 34.0 Å². The highest BCUT2D eigenvalue weighted by Gasteiger charge is 2.28. The monoisotopic (exact) mass is 306 g/mol. The molecular formula is C16H12Cl2O2. The molecule has 4 heteroatoms. The molecule has 0 aliphatic carbocycles. The van der Waals surface area contributed by atoms with Crippen LogP contribution < -0.4 is 4.74 Å². The number of carbonyl (C=O) groups excluding carboxylic acids is 1. The largest absolute Gasteiger partial charge is 0.484 e. The molecule has 0 saturated heterocycles. The Bertz CT molecular complexity index is 695. The zero-order valence-electron chi connectivity index (χ0n) is 10.8. The molecule has 2 nitrogen and oxygen atoms in total. The predicted molar refractivity (Wildman–Crippen MR) is 80.0 cm³/mol. The SMILES string of the molecule is Cc1cc(Cl)ccc1C1CC(=O)c2cc(Cl)ccc2O1. The van der Waals surface area contributed by atoms with E-state index < -0.39 is 0 Å². The number of rotatable bonds is 1. The second kappa shape index (κ2) is 5.12. The van der Waals surface area contributed by atoms with Crippen LogP contribution in [0.5, 0.6) is 5.75 Å². The van der Waals surface area contributed by atoms with Crippen molar-refractivity contribution < 1.29 is 9.53 Å². The highest BCUT2D eigenvalue weighted by atomic mass is 35.5. The van der Waals surface area contributed by atoms with E-state index in [-0.39, 0.29) is 11.9 Å². The van der Waals surface area contributed by atoms with Gasteiger partial charge in [-0.15, -0.1) is 0 Å². The van der Waals surface area contributed by atoms with Crippen LogP contribution >= 0.6 is 23.2 Å². The fourth-order valence-electron chi connectivity index (χ4n) is 2.47. The lowest BCUT2D eigenvalue weighted by Crippen LogP contribution is -2.21. The van der Waals surface area contributed by atoms with Gasteiger partial charge in [-0.1, -0.05) is 29.3 Å². The number of carbonyl (C=O) groups is 1. The van der Waals surface area contributed by atoms with Crippen LogP contribution in [0.4, 0.5) is 0 Å². The van der Waals surface area contributed by atoms with Gasteiger partial charge in [0.25, 0.3) is 0 Å². The Morgan fingerprint density at radius 3 is 2.55 bits per heavy atom. The van der Waals surface area contributed by atoms with Crippen LogP contribution in [0, 0.1) is 6.92 Å². The van der Waals surface area contributed by atoms with Crippen LogP contribution in [0.2, 0.25) is 10.0 Å². The van der Waals surface area contributed by atoms with Crippen molar-refractivity contribution in [2.24, 2.45) is 0 Å². The van der Waals surface area contributed by atoms with Gasteiger partial charge in [-0.25, -0.2) is 0 Å². The first kappa shape index (κ1) is 13.5. The Labute approximate surface area is 127 Å². The van der Waals surface area contributed by atoms with Gasteiger partial charge >= 0.3 is 0 Å². The summed E-state index contributed by atoms with van der Waals surface area (Å²) in [4.78, 5) is 12.2. The number of fused-ring (bicyclic) bond motifs is 1. The smallest absolute Gasteiger partial charge is 0.170 e. The Morgan fingerprint density at radius 2 is 1.80 bits per heavy atom. The van der Waals surface area contributed by atoms with E-state index >= 15 is 0 Å². The van der Waals surface area contributed by atoms with E-state index in [4.69, 9.17) is 27.9 Å². The van der Waals surface area contributed by atoms with Gasteiger partial charge < -0.3 is 4.74 Å². The molecule has 0 saturated carbocycles. The second-order valence-electron chi connectivity index (χ2n) is 4.88. The maximum Gasteiger partial charge on any atom is 0.170 e. The van der Waals surface area contributed by atoms with E-state index in [9.17, 15) is 4.79 Å². The Kier molecular flexibility index (Phi) is 3.45. The molecule has 0 aromatic heterocycles. The van der Waals surface area contributed by atoms with Crippen molar-refractivity contribution in [3.05, 3.63) is 63.1 Å². The summed E-state index contributed by atoms with van der Waals surface area (Å²) < 4.78 is 5.94.